The first-order chi connectivity index (χ1) is 6.61. The van der Waals surface area contributed by atoms with Gasteiger partial charge in [0.25, 0.3) is 0 Å². The van der Waals surface area contributed by atoms with Gasteiger partial charge >= 0.3 is 0 Å². The molecule has 0 unspecified atom stereocenters. The molecule has 0 spiro atoms. The van der Waals surface area contributed by atoms with Gasteiger partial charge in [-0.1, -0.05) is 26.2 Å². The molecule has 3 N–H and O–H groups in total. The highest BCUT2D eigenvalue weighted by molar-refractivity contribution is 5.77. The molecule has 0 aliphatic heterocycles. The molecule has 2 amide bonds. The van der Waals surface area contributed by atoms with Gasteiger partial charge in [-0.15, -0.1) is 0 Å². The lowest BCUT2D eigenvalue weighted by Crippen LogP contribution is -2.34. The van der Waals surface area contributed by atoms with Gasteiger partial charge < -0.3 is 5.73 Å². The zero-order chi connectivity index (χ0) is 11.0. The summed E-state index contributed by atoms with van der Waals surface area (Å²) in [7, 11) is 0. The van der Waals surface area contributed by atoms with Crippen LogP contribution < -0.4 is 5.73 Å². The molecular formula is C9H18N2O3. The number of amides is 2. The van der Waals surface area contributed by atoms with Crippen LogP contribution in [0.25, 0.3) is 0 Å². The summed E-state index contributed by atoms with van der Waals surface area (Å²) in [4.78, 5) is 21.0. The molecule has 0 aromatic rings. The van der Waals surface area contributed by atoms with Gasteiger partial charge in [-0.05, 0) is 6.42 Å². The summed E-state index contributed by atoms with van der Waals surface area (Å²) >= 11 is 0. The van der Waals surface area contributed by atoms with Crippen molar-refractivity contribution in [2.75, 3.05) is 6.54 Å². The number of carbonyl (C=O) groups is 2. The smallest absolute Gasteiger partial charge is 0.233 e. The number of carbonyl (C=O) groups excluding carboxylic acids is 2. The second-order valence-electron chi connectivity index (χ2n) is 3.32. The van der Waals surface area contributed by atoms with Crippen molar-refractivity contribution in [1.29, 1.82) is 0 Å². The van der Waals surface area contributed by atoms with Crippen molar-refractivity contribution in [3.63, 3.8) is 0 Å². The van der Waals surface area contributed by atoms with E-state index in [0.29, 0.717) is 11.5 Å². The van der Waals surface area contributed by atoms with Crippen molar-refractivity contribution in [3.8, 4) is 0 Å². The Morgan fingerprint density at radius 2 is 2.21 bits per heavy atom. The van der Waals surface area contributed by atoms with Gasteiger partial charge in [0, 0.05) is 0 Å². The summed E-state index contributed by atoms with van der Waals surface area (Å²) in [6, 6.07) is 0. The molecular weight excluding hydrogens is 184 g/mol. The zero-order valence-electron chi connectivity index (χ0n) is 8.48. The zero-order valence-corrected chi connectivity index (χ0v) is 8.48. The summed E-state index contributed by atoms with van der Waals surface area (Å²) in [6.45, 7) is 2.05. The molecule has 14 heavy (non-hydrogen) atoms. The Morgan fingerprint density at radius 1 is 1.57 bits per heavy atom. The van der Waals surface area contributed by atoms with E-state index in [2.05, 4.69) is 6.92 Å². The van der Waals surface area contributed by atoms with Crippen LogP contribution in [0.1, 0.15) is 32.6 Å². The molecule has 5 heteroatoms. The third kappa shape index (κ3) is 5.53. The van der Waals surface area contributed by atoms with E-state index in [1.165, 1.54) is 0 Å². The first-order valence-corrected chi connectivity index (χ1v) is 4.82. The van der Waals surface area contributed by atoms with Crippen molar-refractivity contribution in [1.82, 2.24) is 5.06 Å². The van der Waals surface area contributed by atoms with Gasteiger partial charge in [0.2, 0.25) is 12.3 Å². The maximum atomic E-state index is 10.9. The number of hydrogen-bond acceptors (Lipinski definition) is 3. The third-order valence-electron chi connectivity index (χ3n) is 2.09. The SMILES string of the molecule is CCCCC[C@H](CN(O)C=O)C(N)=O. The molecule has 0 rings (SSSR count). The lowest BCUT2D eigenvalue weighted by molar-refractivity contribution is -0.154. The van der Waals surface area contributed by atoms with Crippen LogP contribution >= 0.6 is 0 Å². The second kappa shape index (κ2) is 7.32. The van der Waals surface area contributed by atoms with E-state index in [-0.39, 0.29) is 13.0 Å². The van der Waals surface area contributed by atoms with E-state index < -0.39 is 11.8 Å². The Bertz CT molecular complexity index is 185. The Labute approximate surface area is 83.8 Å². The molecule has 0 aromatic carbocycles. The molecule has 5 nitrogen and oxygen atoms in total. The van der Waals surface area contributed by atoms with Crippen LogP contribution in [0.4, 0.5) is 0 Å². The van der Waals surface area contributed by atoms with Crippen LogP contribution in [-0.2, 0) is 9.59 Å². The van der Waals surface area contributed by atoms with Crippen molar-refractivity contribution in [3.05, 3.63) is 0 Å². The number of nitrogens with zero attached hydrogens (tertiary/aromatic N) is 1. The highest BCUT2D eigenvalue weighted by atomic mass is 16.5. The molecule has 82 valence electrons. The molecule has 0 radical (unpaired) electrons. The standard InChI is InChI=1S/C9H18N2O3/c1-2-3-4-5-8(9(10)13)6-11(14)7-12/h7-8,14H,2-6H2,1H3,(H2,10,13)/t8-/m1/s1. The average Bonchev–Trinajstić information content (AvgIpc) is 2.16. The number of rotatable bonds is 8. The molecule has 0 aliphatic carbocycles. The maximum Gasteiger partial charge on any atom is 0.233 e. The van der Waals surface area contributed by atoms with Crippen LogP contribution in [0.5, 0.6) is 0 Å². The Hall–Kier alpha value is -1.10. The Kier molecular flexibility index (Phi) is 6.74. The summed E-state index contributed by atoms with van der Waals surface area (Å²) in [5.41, 5.74) is 5.13. The average molecular weight is 202 g/mol. The van der Waals surface area contributed by atoms with Crippen LogP contribution in [0.15, 0.2) is 0 Å². The van der Waals surface area contributed by atoms with Gasteiger partial charge in [-0.2, -0.15) is 0 Å². The quantitative estimate of drug-likeness (QED) is 0.260. The minimum absolute atomic E-state index is 0.0114. The van der Waals surface area contributed by atoms with E-state index in [1.807, 2.05) is 0 Å². The van der Waals surface area contributed by atoms with Crippen molar-refractivity contribution in [2.24, 2.45) is 11.7 Å². The third-order valence-corrected chi connectivity index (χ3v) is 2.09. The minimum Gasteiger partial charge on any atom is -0.369 e. The number of hydrogen-bond donors (Lipinski definition) is 2. The van der Waals surface area contributed by atoms with Crippen LogP contribution in [0.3, 0.4) is 0 Å². The summed E-state index contributed by atoms with van der Waals surface area (Å²) in [5.74, 6) is -0.918. The predicted octanol–water partition coefficient (Wildman–Crippen LogP) is 0.516. The van der Waals surface area contributed by atoms with Crippen molar-refractivity contribution in [2.45, 2.75) is 32.6 Å². The highest BCUT2D eigenvalue weighted by Crippen LogP contribution is 2.10. The molecule has 0 fully saturated rings. The van der Waals surface area contributed by atoms with E-state index in [9.17, 15) is 9.59 Å². The molecule has 0 heterocycles. The Balaban J connectivity index is 3.89. The molecule has 0 saturated carbocycles. The number of hydroxylamine groups is 2. The van der Waals surface area contributed by atoms with Crippen molar-refractivity contribution < 1.29 is 14.8 Å². The Morgan fingerprint density at radius 3 is 2.64 bits per heavy atom. The van der Waals surface area contributed by atoms with Crippen LogP contribution in [0.2, 0.25) is 0 Å². The fourth-order valence-corrected chi connectivity index (χ4v) is 1.23. The summed E-state index contributed by atoms with van der Waals surface area (Å²) in [5, 5.41) is 9.35. The fourth-order valence-electron chi connectivity index (χ4n) is 1.23. The van der Waals surface area contributed by atoms with Gasteiger partial charge in [-0.3, -0.25) is 14.8 Å². The van der Waals surface area contributed by atoms with Crippen molar-refractivity contribution >= 4 is 12.3 Å². The molecule has 0 bridgehead atoms. The molecule has 1 atom stereocenters. The van der Waals surface area contributed by atoms with Gasteiger partial charge in [0.05, 0.1) is 12.5 Å². The lowest BCUT2D eigenvalue weighted by atomic mass is 10.0. The molecule has 0 aliphatic rings. The maximum absolute atomic E-state index is 10.9. The largest absolute Gasteiger partial charge is 0.369 e. The van der Waals surface area contributed by atoms with E-state index in [0.717, 1.165) is 19.3 Å². The fraction of sp³-hybridized carbons (Fsp3) is 0.778. The molecule has 0 saturated heterocycles. The molecule has 0 aromatic heterocycles. The number of primary amides is 1. The van der Waals surface area contributed by atoms with E-state index in [1.54, 1.807) is 0 Å². The first kappa shape index (κ1) is 12.9. The summed E-state index contributed by atoms with van der Waals surface area (Å²) in [6.07, 6.45) is 3.86. The normalized spacial score (nSPS) is 12.1. The van der Waals surface area contributed by atoms with Crippen LogP contribution in [-0.4, -0.2) is 29.1 Å². The monoisotopic (exact) mass is 202 g/mol. The van der Waals surface area contributed by atoms with E-state index in [4.69, 9.17) is 10.9 Å². The highest BCUT2D eigenvalue weighted by Gasteiger charge is 2.17. The topological polar surface area (TPSA) is 83.6 Å². The lowest BCUT2D eigenvalue weighted by Gasteiger charge is -2.16. The van der Waals surface area contributed by atoms with Gasteiger partial charge in [0.15, 0.2) is 0 Å². The number of unbranched alkanes of at least 4 members (excludes halogenated alkanes) is 2. The van der Waals surface area contributed by atoms with Gasteiger partial charge in [-0.25, -0.2) is 5.06 Å². The summed E-state index contributed by atoms with van der Waals surface area (Å²) < 4.78 is 0. The predicted molar refractivity (Wildman–Crippen MR) is 51.4 cm³/mol. The first-order valence-electron chi connectivity index (χ1n) is 4.82. The van der Waals surface area contributed by atoms with Gasteiger partial charge in [0.1, 0.15) is 0 Å². The minimum atomic E-state index is -0.470. The van der Waals surface area contributed by atoms with E-state index >= 15 is 0 Å². The van der Waals surface area contributed by atoms with Crippen LogP contribution in [0, 0.1) is 5.92 Å². The number of nitrogens with two attached hydrogens (primary N) is 1. The second-order valence-corrected chi connectivity index (χ2v) is 3.32.